The van der Waals surface area contributed by atoms with Gasteiger partial charge in [-0.05, 0) is 36.4 Å². The average molecular weight is 499 g/mol. The second kappa shape index (κ2) is 10.0. The molecule has 0 unspecified atom stereocenters. The first kappa shape index (κ1) is 24.5. The van der Waals surface area contributed by atoms with Gasteiger partial charge in [-0.3, -0.25) is 14.8 Å². The number of carbonyl (C=O) groups excluding carboxylic acids is 2. The minimum Gasteiger partial charge on any atom is -0.388 e. The molecule has 0 saturated carbocycles. The molecule has 0 spiro atoms. The van der Waals surface area contributed by atoms with E-state index in [1.54, 1.807) is 12.3 Å². The number of amides is 2. The molecule has 3 aromatic rings. The fourth-order valence-electron chi connectivity index (χ4n) is 4.58. The van der Waals surface area contributed by atoms with E-state index in [1.165, 1.54) is 0 Å². The zero-order valence-electron chi connectivity index (χ0n) is 21.0. The number of aromatic nitrogens is 1. The number of carbonyl (C=O) groups is 2. The van der Waals surface area contributed by atoms with Crippen LogP contribution in [0.3, 0.4) is 0 Å². The Morgan fingerprint density at radius 1 is 1.05 bits per heavy atom. The molecule has 9 heteroatoms. The molecule has 37 heavy (non-hydrogen) atoms. The third kappa shape index (κ3) is 5.03. The zero-order valence-corrected chi connectivity index (χ0v) is 21.0. The fourth-order valence-corrected chi connectivity index (χ4v) is 4.58. The van der Waals surface area contributed by atoms with Crippen molar-refractivity contribution < 1.29 is 14.3 Å². The van der Waals surface area contributed by atoms with E-state index >= 15 is 0 Å². The maximum absolute atomic E-state index is 13.3. The molecule has 5 rings (SSSR count). The number of rotatable bonds is 5. The van der Waals surface area contributed by atoms with Crippen molar-refractivity contribution in [1.82, 2.24) is 10.3 Å². The normalized spacial score (nSPS) is 22.2. The Morgan fingerprint density at radius 3 is 2.57 bits per heavy atom. The van der Waals surface area contributed by atoms with Crippen LogP contribution in [-0.4, -0.2) is 54.5 Å². The maximum atomic E-state index is 13.3. The lowest BCUT2D eigenvalue weighted by molar-refractivity contribution is -0.127. The molecule has 9 nitrogen and oxygen atoms in total. The highest BCUT2D eigenvalue weighted by atomic mass is 16.5. The van der Waals surface area contributed by atoms with Crippen LogP contribution in [0.5, 0.6) is 0 Å². The molecule has 3 atom stereocenters. The molecule has 3 heterocycles. The number of hydrogen-bond donors (Lipinski definition) is 4. The van der Waals surface area contributed by atoms with Gasteiger partial charge in [0.05, 0.1) is 18.0 Å². The van der Waals surface area contributed by atoms with Gasteiger partial charge in [-0.1, -0.05) is 44.2 Å². The highest BCUT2D eigenvalue weighted by molar-refractivity contribution is 6.15. The molecule has 0 bridgehead atoms. The number of benzodiazepines with no additional fused rings is 1. The quantitative estimate of drug-likeness (QED) is 0.424. The summed E-state index contributed by atoms with van der Waals surface area (Å²) in [7, 11) is 1.81. The Labute approximate surface area is 215 Å². The number of para-hydroxylation sites is 1. The Kier molecular flexibility index (Phi) is 6.62. The standard InChI is InChI=1S/C28H30N6O3/c1-28(2)16-37-24(25(28)35)23-26(34-27(36)31-18-10-8-9-17(15-18)29-3)33-22(21-13-6-7-14-30-21)19-11-4-5-12-20(19)32-23/h4-15,23-24,26,29,32H,16H2,1-3H3,(H2,31,34,36)/t23-,24+,26+/m0/s1. The Balaban J connectivity index is 1.54. The molecule has 0 aliphatic carbocycles. The second-order valence-electron chi connectivity index (χ2n) is 9.76. The van der Waals surface area contributed by atoms with Gasteiger partial charge in [0.1, 0.15) is 18.3 Å². The van der Waals surface area contributed by atoms with Crippen molar-refractivity contribution in [2.24, 2.45) is 10.4 Å². The topological polar surface area (TPSA) is 117 Å². The SMILES string of the molecule is CNc1cccc(NC(=O)N[C@H]2N=C(c3ccccn3)c3ccccc3N[C@H]2[C@H]2OCC(C)(C)C2=O)c1. The largest absolute Gasteiger partial charge is 0.388 e. The van der Waals surface area contributed by atoms with Gasteiger partial charge >= 0.3 is 6.03 Å². The number of nitrogens with one attached hydrogen (secondary N) is 4. The van der Waals surface area contributed by atoms with Gasteiger partial charge in [0, 0.05) is 41.3 Å². The lowest BCUT2D eigenvalue weighted by Crippen LogP contribution is -2.54. The summed E-state index contributed by atoms with van der Waals surface area (Å²) in [5.74, 6) is -0.0344. The fraction of sp³-hybridized carbons (Fsp3) is 0.286. The van der Waals surface area contributed by atoms with Crippen LogP contribution in [0.2, 0.25) is 0 Å². The minimum atomic E-state index is -0.834. The highest BCUT2D eigenvalue weighted by Crippen LogP contribution is 2.34. The van der Waals surface area contributed by atoms with Crippen LogP contribution in [0, 0.1) is 5.41 Å². The van der Waals surface area contributed by atoms with E-state index in [4.69, 9.17) is 9.73 Å². The number of ether oxygens (including phenoxy) is 1. The van der Waals surface area contributed by atoms with Crippen LogP contribution in [0.4, 0.5) is 21.9 Å². The first-order valence-electron chi connectivity index (χ1n) is 12.2. The minimum absolute atomic E-state index is 0.0344. The van der Waals surface area contributed by atoms with Crippen molar-refractivity contribution in [1.29, 1.82) is 0 Å². The van der Waals surface area contributed by atoms with Crippen LogP contribution in [0.15, 0.2) is 77.9 Å². The van der Waals surface area contributed by atoms with E-state index in [9.17, 15) is 9.59 Å². The first-order chi connectivity index (χ1) is 17.9. The summed E-state index contributed by atoms with van der Waals surface area (Å²) in [5.41, 5.74) is 3.72. The molecule has 1 aromatic heterocycles. The van der Waals surface area contributed by atoms with Crippen molar-refractivity contribution >= 4 is 34.6 Å². The Hall–Kier alpha value is -4.24. The summed E-state index contributed by atoms with van der Waals surface area (Å²) in [4.78, 5) is 36.0. The number of ketones is 1. The number of hydrogen-bond acceptors (Lipinski definition) is 7. The number of Topliss-reactive ketones (excluding diaryl/α,β-unsaturated/α-hetero) is 1. The molecule has 190 valence electrons. The van der Waals surface area contributed by atoms with Gasteiger partial charge in [0.2, 0.25) is 0 Å². The highest BCUT2D eigenvalue weighted by Gasteiger charge is 2.49. The molecule has 2 amide bonds. The molecule has 4 N–H and O–H groups in total. The summed E-state index contributed by atoms with van der Waals surface area (Å²) < 4.78 is 6.01. The summed E-state index contributed by atoms with van der Waals surface area (Å²) in [6.07, 6.45) is 0.0688. The van der Waals surface area contributed by atoms with Crippen molar-refractivity contribution in [2.75, 3.05) is 29.6 Å². The Bertz CT molecular complexity index is 1340. The van der Waals surface area contributed by atoms with E-state index < -0.39 is 29.8 Å². The maximum Gasteiger partial charge on any atom is 0.320 e. The first-order valence-corrected chi connectivity index (χ1v) is 12.2. The summed E-state index contributed by atoms with van der Waals surface area (Å²) >= 11 is 0. The van der Waals surface area contributed by atoms with Gasteiger partial charge in [0.15, 0.2) is 5.78 Å². The zero-order chi connectivity index (χ0) is 26.0. The van der Waals surface area contributed by atoms with Gasteiger partial charge in [-0.15, -0.1) is 0 Å². The molecule has 0 radical (unpaired) electrons. The Morgan fingerprint density at radius 2 is 1.84 bits per heavy atom. The molecule has 1 fully saturated rings. The van der Waals surface area contributed by atoms with Crippen LogP contribution in [0.25, 0.3) is 0 Å². The van der Waals surface area contributed by atoms with E-state index in [1.807, 2.05) is 81.6 Å². The second-order valence-corrected chi connectivity index (χ2v) is 9.76. The van der Waals surface area contributed by atoms with E-state index in [-0.39, 0.29) is 5.78 Å². The van der Waals surface area contributed by atoms with Crippen LogP contribution < -0.4 is 21.3 Å². The molecule has 2 aliphatic rings. The number of benzene rings is 2. The predicted octanol–water partition coefficient (Wildman–Crippen LogP) is 3.90. The van der Waals surface area contributed by atoms with Crippen LogP contribution >= 0.6 is 0 Å². The molecular formula is C28H30N6O3. The van der Waals surface area contributed by atoms with Gasteiger partial charge < -0.3 is 26.0 Å². The number of fused-ring (bicyclic) bond motifs is 1. The summed E-state index contributed by atoms with van der Waals surface area (Å²) in [6, 6.07) is 19.6. The lowest BCUT2D eigenvalue weighted by Gasteiger charge is -2.29. The van der Waals surface area contributed by atoms with Gasteiger partial charge in [-0.25, -0.2) is 4.79 Å². The molecule has 1 saturated heterocycles. The van der Waals surface area contributed by atoms with Crippen LogP contribution in [0.1, 0.15) is 25.1 Å². The lowest BCUT2D eigenvalue weighted by atomic mass is 9.86. The van der Waals surface area contributed by atoms with Gasteiger partial charge in [0.25, 0.3) is 0 Å². The predicted molar refractivity (Wildman–Crippen MR) is 144 cm³/mol. The van der Waals surface area contributed by atoms with E-state index in [0.717, 1.165) is 16.9 Å². The van der Waals surface area contributed by atoms with Crippen molar-refractivity contribution in [3.63, 3.8) is 0 Å². The number of anilines is 3. The molecular weight excluding hydrogens is 468 g/mol. The monoisotopic (exact) mass is 498 g/mol. The van der Waals surface area contributed by atoms with E-state index in [2.05, 4.69) is 26.3 Å². The number of nitrogens with zero attached hydrogens (tertiary/aromatic N) is 2. The average Bonchev–Trinajstić information content (AvgIpc) is 3.07. The van der Waals surface area contributed by atoms with Gasteiger partial charge in [-0.2, -0.15) is 0 Å². The van der Waals surface area contributed by atoms with Crippen molar-refractivity contribution in [3.05, 3.63) is 84.2 Å². The summed E-state index contributed by atoms with van der Waals surface area (Å²) in [6.45, 7) is 4.03. The number of urea groups is 1. The number of aliphatic imine (C=N–C) groups is 1. The summed E-state index contributed by atoms with van der Waals surface area (Å²) in [5, 5.41) is 12.4. The third-order valence-electron chi connectivity index (χ3n) is 6.58. The number of pyridine rings is 1. The van der Waals surface area contributed by atoms with E-state index in [0.29, 0.717) is 23.7 Å². The molecule has 2 aliphatic heterocycles. The van der Waals surface area contributed by atoms with Crippen LogP contribution in [-0.2, 0) is 9.53 Å². The van der Waals surface area contributed by atoms with Crippen molar-refractivity contribution in [2.45, 2.75) is 32.2 Å². The van der Waals surface area contributed by atoms with Crippen molar-refractivity contribution in [3.8, 4) is 0 Å². The smallest absolute Gasteiger partial charge is 0.320 e. The third-order valence-corrected chi connectivity index (χ3v) is 6.58. The molecule has 2 aromatic carbocycles.